The van der Waals surface area contributed by atoms with Crippen molar-refractivity contribution in [2.75, 3.05) is 31.7 Å². The van der Waals surface area contributed by atoms with Gasteiger partial charge >= 0.3 is 0 Å². The first kappa shape index (κ1) is 16.0. The summed E-state index contributed by atoms with van der Waals surface area (Å²) in [5.74, 6) is 1.01. The van der Waals surface area contributed by atoms with Crippen molar-refractivity contribution in [1.82, 2.24) is 4.90 Å². The van der Waals surface area contributed by atoms with Gasteiger partial charge in [-0.25, -0.2) is 0 Å². The average Bonchev–Trinajstić information content (AvgIpc) is 2.24. The topological polar surface area (TPSA) is 55.6 Å². The molecule has 0 spiro atoms. The molecule has 1 rings (SSSR count). The molecule has 16 heavy (non-hydrogen) atoms. The van der Waals surface area contributed by atoms with Gasteiger partial charge in [0, 0.05) is 13.1 Å². The lowest BCUT2D eigenvalue weighted by molar-refractivity contribution is -0.139. The third-order valence-corrected chi connectivity index (χ3v) is 3.15. The Balaban J connectivity index is 0.00000225. The van der Waals surface area contributed by atoms with Crippen LogP contribution >= 0.6 is 24.2 Å². The first-order chi connectivity index (χ1) is 7.15. The molecule has 2 atom stereocenters. The molecule has 1 fully saturated rings. The third kappa shape index (κ3) is 4.91. The highest BCUT2D eigenvalue weighted by molar-refractivity contribution is 7.98. The summed E-state index contributed by atoms with van der Waals surface area (Å²) in [5, 5.41) is 0. The molecule has 0 aliphatic carbocycles. The van der Waals surface area contributed by atoms with Gasteiger partial charge in [0.1, 0.15) is 0 Å². The Hall–Kier alpha value is 0.0300. The highest BCUT2D eigenvalue weighted by atomic mass is 35.5. The molecule has 0 bridgehead atoms. The number of hydrogen-bond donors (Lipinski definition) is 1. The maximum atomic E-state index is 11.9. The van der Waals surface area contributed by atoms with Crippen molar-refractivity contribution in [3.63, 3.8) is 0 Å². The van der Waals surface area contributed by atoms with Crippen molar-refractivity contribution in [2.45, 2.75) is 25.5 Å². The molecule has 1 unspecified atom stereocenters. The van der Waals surface area contributed by atoms with Gasteiger partial charge in [0.05, 0.1) is 18.8 Å². The molecule has 1 aliphatic heterocycles. The van der Waals surface area contributed by atoms with Crippen LogP contribution in [0, 0.1) is 0 Å². The summed E-state index contributed by atoms with van der Waals surface area (Å²) in [6.07, 6.45) is 2.91. The second-order valence-electron chi connectivity index (χ2n) is 3.85. The molecule has 4 nitrogen and oxygen atoms in total. The minimum Gasteiger partial charge on any atom is -0.375 e. The third-order valence-electron chi connectivity index (χ3n) is 2.50. The molecule has 0 radical (unpaired) electrons. The lowest BCUT2D eigenvalue weighted by atomic mass is 10.2. The van der Waals surface area contributed by atoms with Crippen LogP contribution in [0.5, 0.6) is 0 Å². The number of amides is 1. The van der Waals surface area contributed by atoms with Gasteiger partial charge in [0.15, 0.2) is 0 Å². The zero-order valence-electron chi connectivity index (χ0n) is 9.85. The van der Waals surface area contributed by atoms with Crippen LogP contribution in [0.4, 0.5) is 0 Å². The maximum absolute atomic E-state index is 11.9. The van der Waals surface area contributed by atoms with Crippen LogP contribution in [-0.4, -0.2) is 54.7 Å². The quantitative estimate of drug-likeness (QED) is 0.817. The summed E-state index contributed by atoms with van der Waals surface area (Å²) < 4.78 is 5.38. The summed E-state index contributed by atoms with van der Waals surface area (Å²) in [7, 11) is 0. The molecule has 2 N–H and O–H groups in total. The number of rotatable bonds is 4. The van der Waals surface area contributed by atoms with Crippen LogP contribution in [-0.2, 0) is 9.53 Å². The van der Waals surface area contributed by atoms with E-state index in [-0.39, 0.29) is 30.5 Å². The number of carbonyl (C=O) groups is 1. The fourth-order valence-corrected chi connectivity index (χ4v) is 2.11. The number of nitrogens with zero attached hydrogens (tertiary/aromatic N) is 1. The van der Waals surface area contributed by atoms with Gasteiger partial charge in [0.25, 0.3) is 0 Å². The van der Waals surface area contributed by atoms with Gasteiger partial charge < -0.3 is 15.4 Å². The van der Waals surface area contributed by atoms with E-state index in [0.29, 0.717) is 19.7 Å². The Morgan fingerprint density at radius 2 is 2.38 bits per heavy atom. The molecule has 6 heteroatoms. The zero-order valence-corrected chi connectivity index (χ0v) is 11.5. The Kier molecular flexibility index (Phi) is 8.18. The minimum absolute atomic E-state index is 0. The molecular formula is C10H21ClN2O2S. The van der Waals surface area contributed by atoms with Crippen LogP contribution < -0.4 is 5.73 Å². The Labute approximate surface area is 108 Å². The van der Waals surface area contributed by atoms with Gasteiger partial charge in [0.2, 0.25) is 5.91 Å². The first-order valence-electron chi connectivity index (χ1n) is 5.30. The Bertz CT molecular complexity index is 219. The predicted molar refractivity (Wildman–Crippen MR) is 70.2 cm³/mol. The van der Waals surface area contributed by atoms with Gasteiger partial charge in [-0.2, -0.15) is 11.8 Å². The van der Waals surface area contributed by atoms with Crippen molar-refractivity contribution in [2.24, 2.45) is 5.73 Å². The van der Waals surface area contributed by atoms with Gasteiger partial charge in [-0.15, -0.1) is 12.4 Å². The smallest absolute Gasteiger partial charge is 0.239 e. The van der Waals surface area contributed by atoms with Gasteiger partial charge in [-0.05, 0) is 25.4 Å². The monoisotopic (exact) mass is 268 g/mol. The van der Waals surface area contributed by atoms with E-state index in [9.17, 15) is 4.79 Å². The summed E-state index contributed by atoms with van der Waals surface area (Å²) in [6.45, 7) is 3.96. The van der Waals surface area contributed by atoms with E-state index in [4.69, 9.17) is 10.5 Å². The van der Waals surface area contributed by atoms with Crippen LogP contribution in [0.1, 0.15) is 13.3 Å². The van der Waals surface area contributed by atoms with Gasteiger partial charge in [-0.3, -0.25) is 4.79 Å². The lowest BCUT2D eigenvalue weighted by Gasteiger charge is -2.32. The van der Waals surface area contributed by atoms with Crippen molar-refractivity contribution in [3.8, 4) is 0 Å². The normalized spacial score (nSPS) is 22.4. The first-order valence-corrected chi connectivity index (χ1v) is 6.69. The van der Waals surface area contributed by atoms with Crippen molar-refractivity contribution >= 4 is 30.1 Å². The zero-order chi connectivity index (χ0) is 11.3. The van der Waals surface area contributed by atoms with Crippen LogP contribution in [0.15, 0.2) is 0 Å². The van der Waals surface area contributed by atoms with E-state index in [1.165, 1.54) is 0 Å². The molecule has 0 aromatic carbocycles. The largest absolute Gasteiger partial charge is 0.375 e. The number of nitrogens with two attached hydrogens (primary N) is 1. The van der Waals surface area contributed by atoms with Crippen molar-refractivity contribution in [3.05, 3.63) is 0 Å². The fraction of sp³-hybridized carbons (Fsp3) is 0.900. The Morgan fingerprint density at radius 3 is 2.94 bits per heavy atom. The van der Waals surface area contributed by atoms with Crippen molar-refractivity contribution in [1.29, 1.82) is 0 Å². The maximum Gasteiger partial charge on any atom is 0.239 e. The number of morpholine rings is 1. The SMILES string of the molecule is CSCC[C@H](N)C(=O)N1CCOC(C)C1.Cl. The number of hydrogen-bond acceptors (Lipinski definition) is 4. The lowest BCUT2D eigenvalue weighted by Crippen LogP contribution is -2.50. The van der Waals surface area contributed by atoms with E-state index in [1.807, 2.05) is 18.1 Å². The van der Waals surface area contributed by atoms with Gasteiger partial charge in [-0.1, -0.05) is 0 Å². The molecule has 1 amide bonds. The Morgan fingerprint density at radius 1 is 1.69 bits per heavy atom. The number of ether oxygens (including phenoxy) is 1. The number of thioether (sulfide) groups is 1. The molecule has 0 aromatic heterocycles. The molecule has 96 valence electrons. The molecular weight excluding hydrogens is 248 g/mol. The van der Waals surface area contributed by atoms with E-state index in [1.54, 1.807) is 11.8 Å². The summed E-state index contributed by atoms with van der Waals surface area (Å²) in [5.41, 5.74) is 5.83. The van der Waals surface area contributed by atoms with E-state index >= 15 is 0 Å². The summed E-state index contributed by atoms with van der Waals surface area (Å²) in [4.78, 5) is 13.7. The van der Waals surface area contributed by atoms with E-state index < -0.39 is 0 Å². The van der Waals surface area contributed by atoms with Crippen LogP contribution in [0.3, 0.4) is 0 Å². The molecule has 0 aromatic rings. The average molecular weight is 269 g/mol. The summed E-state index contributed by atoms with van der Waals surface area (Å²) >= 11 is 1.72. The van der Waals surface area contributed by atoms with E-state index in [0.717, 1.165) is 12.2 Å². The molecule has 0 saturated carbocycles. The number of carbonyl (C=O) groups excluding carboxylic acids is 1. The highest BCUT2D eigenvalue weighted by Crippen LogP contribution is 2.08. The van der Waals surface area contributed by atoms with Crippen molar-refractivity contribution < 1.29 is 9.53 Å². The second kappa shape index (κ2) is 8.17. The van der Waals surface area contributed by atoms with Crippen LogP contribution in [0.25, 0.3) is 0 Å². The minimum atomic E-state index is -0.345. The molecule has 1 aliphatic rings. The van der Waals surface area contributed by atoms with E-state index in [2.05, 4.69) is 0 Å². The molecule has 1 heterocycles. The standard InChI is InChI=1S/C10H20N2O2S.ClH/c1-8-7-12(4-5-14-8)10(13)9(11)3-6-15-2;/h8-9H,3-7,11H2,1-2H3;1H/t8?,9-;/m0./s1. The fourth-order valence-electron chi connectivity index (χ4n) is 1.62. The molecule has 1 saturated heterocycles. The number of halogens is 1. The highest BCUT2D eigenvalue weighted by Gasteiger charge is 2.25. The second-order valence-corrected chi connectivity index (χ2v) is 4.84. The van der Waals surface area contributed by atoms with Crippen LogP contribution in [0.2, 0.25) is 0 Å². The predicted octanol–water partition coefficient (Wildman–Crippen LogP) is 0.736. The summed E-state index contributed by atoms with van der Waals surface area (Å²) in [6, 6.07) is -0.345.